The molecule has 2 bridgehead atoms. The van der Waals surface area contributed by atoms with Crippen LogP contribution in [-0.4, -0.2) is 24.8 Å². The van der Waals surface area contributed by atoms with Crippen LogP contribution in [0, 0.1) is 0 Å². The molecule has 0 aliphatic carbocycles. The van der Waals surface area contributed by atoms with Crippen molar-refractivity contribution in [3.63, 3.8) is 0 Å². The first-order valence-electron chi connectivity index (χ1n) is 5.08. The van der Waals surface area contributed by atoms with E-state index < -0.39 is 6.29 Å². The fourth-order valence-electron chi connectivity index (χ4n) is 1.72. The molecule has 3 nitrogen and oxygen atoms in total. The number of fused-ring (bicyclic) bond motifs is 2. The van der Waals surface area contributed by atoms with Gasteiger partial charge in [-0.15, -0.1) is 0 Å². The van der Waals surface area contributed by atoms with Crippen molar-refractivity contribution in [1.82, 2.24) is 0 Å². The lowest BCUT2D eigenvalue weighted by atomic mass is 10.2. The predicted octanol–water partition coefficient (Wildman–Crippen LogP) is 1.99. The van der Waals surface area contributed by atoms with Gasteiger partial charge in [0, 0.05) is 9.80 Å². The Morgan fingerprint density at radius 3 is 2.88 bits per heavy atom. The zero-order valence-corrected chi connectivity index (χ0v) is 9.28. The van der Waals surface area contributed by atoms with E-state index in [1.165, 1.54) is 0 Å². The van der Waals surface area contributed by atoms with Crippen molar-refractivity contribution >= 4 is 17.5 Å². The van der Waals surface area contributed by atoms with Crippen LogP contribution in [0.2, 0.25) is 0 Å². The number of rotatable bonds is 2. The highest BCUT2D eigenvalue weighted by molar-refractivity contribution is 8.03. The summed E-state index contributed by atoms with van der Waals surface area (Å²) in [5.41, 5.74) is 0. The van der Waals surface area contributed by atoms with Gasteiger partial charge in [-0.05, 0) is 18.2 Å². The van der Waals surface area contributed by atoms with Gasteiger partial charge in [-0.2, -0.15) is 0 Å². The zero-order chi connectivity index (χ0) is 11.0. The van der Waals surface area contributed by atoms with E-state index in [9.17, 15) is 4.79 Å². The lowest BCUT2D eigenvalue weighted by Gasteiger charge is -2.17. The molecule has 0 saturated carbocycles. The first-order valence-corrected chi connectivity index (χ1v) is 5.90. The fraction of sp³-hybridized carbons (Fsp3) is 0.250. The molecular weight excluding hydrogens is 224 g/mol. The van der Waals surface area contributed by atoms with Gasteiger partial charge >= 0.3 is 0 Å². The number of carbonyl (C=O) groups excluding carboxylic acids is 1. The van der Waals surface area contributed by atoms with Crippen molar-refractivity contribution in [3.05, 3.63) is 41.3 Å². The maximum absolute atomic E-state index is 11.5. The number of benzene rings is 1. The molecule has 1 fully saturated rings. The molecule has 1 saturated heterocycles. The lowest BCUT2D eigenvalue weighted by molar-refractivity contribution is -0.141. The van der Waals surface area contributed by atoms with Crippen molar-refractivity contribution < 1.29 is 14.3 Å². The number of hydrogen-bond donors (Lipinski definition) is 0. The molecule has 1 aromatic carbocycles. The minimum absolute atomic E-state index is 0.0760. The summed E-state index contributed by atoms with van der Waals surface area (Å²) in [4.78, 5) is 13.6. The average Bonchev–Trinajstić information content (AvgIpc) is 2.73. The van der Waals surface area contributed by atoms with Gasteiger partial charge in [-0.3, -0.25) is 4.79 Å². The Hall–Kier alpha value is -1.10. The van der Waals surface area contributed by atoms with Crippen LogP contribution in [0.15, 0.2) is 46.2 Å². The van der Waals surface area contributed by atoms with Gasteiger partial charge in [-0.1, -0.05) is 30.0 Å². The van der Waals surface area contributed by atoms with Crippen LogP contribution in [0.4, 0.5) is 0 Å². The van der Waals surface area contributed by atoms with Gasteiger partial charge < -0.3 is 9.47 Å². The fourth-order valence-corrected chi connectivity index (χ4v) is 2.72. The Morgan fingerprint density at radius 1 is 1.25 bits per heavy atom. The Kier molecular flexibility index (Phi) is 2.55. The second-order valence-electron chi connectivity index (χ2n) is 3.65. The maximum atomic E-state index is 11.5. The standard InChI is InChI=1S/C12H10O3S/c13-9-6-11(10-7-14-12(9)15-10)16-8-4-2-1-3-5-8/h1-6,10,12H,7H2/t10-,12-/m1/s1. The van der Waals surface area contributed by atoms with E-state index >= 15 is 0 Å². The second-order valence-corrected chi connectivity index (χ2v) is 4.80. The summed E-state index contributed by atoms with van der Waals surface area (Å²) in [7, 11) is 0. The maximum Gasteiger partial charge on any atom is 0.222 e. The van der Waals surface area contributed by atoms with Crippen LogP contribution < -0.4 is 0 Å². The third kappa shape index (κ3) is 1.80. The molecule has 1 aromatic rings. The van der Waals surface area contributed by atoms with E-state index in [1.54, 1.807) is 17.8 Å². The highest BCUT2D eigenvalue weighted by atomic mass is 32.2. The molecular formula is C12H10O3S. The van der Waals surface area contributed by atoms with E-state index in [0.29, 0.717) is 6.61 Å². The Balaban J connectivity index is 1.83. The van der Waals surface area contributed by atoms with Gasteiger partial charge in [-0.25, -0.2) is 0 Å². The highest BCUT2D eigenvalue weighted by Gasteiger charge is 2.37. The van der Waals surface area contributed by atoms with Gasteiger partial charge in [0.1, 0.15) is 6.10 Å². The smallest absolute Gasteiger partial charge is 0.222 e. The first kappa shape index (κ1) is 10.1. The molecule has 82 valence electrons. The Morgan fingerprint density at radius 2 is 2.06 bits per heavy atom. The Labute approximate surface area is 97.4 Å². The highest BCUT2D eigenvalue weighted by Crippen LogP contribution is 2.36. The third-order valence-corrected chi connectivity index (χ3v) is 3.62. The third-order valence-electron chi connectivity index (χ3n) is 2.50. The van der Waals surface area contributed by atoms with E-state index in [4.69, 9.17) is 9.47 Å². The van der Waals surface area contributed by atoms with Crippen LogP contribution in [0.5, 0.6) is 0 Å². The summed E-state index contributed by atoms with van der Waals surface area (Å²) in [6.07, 6.45) is 0.904. The Bertz CT molecular complexity index is 441. The molecule has 2 heterocycles. The van der Waals surface area contributed by atoms with Crippen molar-refractivity contribution in [1.29, 1.82) is 0 Å². The summed E-state index contributed by atoms with van der Waals surface area (Å²) in [6.45, 7) is 0.474. The lowest BCUT2D eigenvalue weighted by Crippen LogP contribution is -2.26. The van der Waals surface area contributed by atoms with E-state index in [0.717, 1.165) is 9.80 Å². The van der Waals surface area contributed by atoms with Crippen LogP contribution >= 0.6 is 11.8 Å². The predicted molar refractivity (Wildman–Crippen MR) is 60.0 cm³/mol. The quantitative estimate of drug-likeness (QED) is 0.784. The van der Waals surface area contributed by atoms with Crippen LogP contribution in [0.3, 0.4) is 0 Å². The summed E-state index contributed by atoms with van der Waals surface area (Å²) in [5.74, 6) is -0.0906. The molecule has 4 heteroatoms. The molecule has 0 radical (unpaired) electrons. The number of ketones is 1. The van der Waals surface area contributed by atoms with Gasteiger partial charge in [0.05, 0.1) is 6.61 Å². The molecule has 0 N–H and O–H groups in total. The number of ether oxygens (including phenoxy) is 2. The molecule has 2 aliphatic heterocycles. The molecule has 3 rings (SSSR count). The van der Waals surface area contributed by atoms with Gasteiger partial charge in [0.15, 0.2) is 0 Å². The van der Waals surface area contributed by atoms with Gasteiger partial charge in [0.2, 0.25) is 12.1 Å². The van der Waals surface area contributed by atoms with Crippen molar-refractivity contribution in [2.24, 2.45) is 0 Å². The van der Waals surface area contributed by atoms with Crippen molar-refractivity contribution in [3.8, 4) is 0 Å². The van der Waals surface area contributed by atoms with Crippen molar-refractivity contribution in [2.45, 2.75) is 17.3 Å². The van der Waals surface area contributed by atoms with E-state index in [2.05, 4.69) is 0 Å². The molecule has 0 amide bonds. The molecule has 2 aliphatic rings. The normalized spacial score (nSPS) is 28.0. The molecule has 16 heavy (non-hydrogen) atoms. The van der Waals surface area contributed by atoms with Crippen molar-refractivity contribution in [2.75, 3.05) is 6.61 Å². The van der Waals surface area contributed by atoms with E-state index in [-0.39, 0.29) is 11.9 Å². The number of carbonyl (C=O) groups is 1. The first-order chi connectivity index (χ1) is 7.83. The largest absolute Gasteiger partial charge is 0.343 e. The van der Waals surface area contributed by atoms with Crippen LogP contribution in [-0.2, 0) is 14.3 Å². The van der Waals surface area contributed by atoms with Gasteiger partial charge in [0.25, 0.3) is 0 Å². The summed E-state index contributed by atoms with van der Waals surface area (Å²) >= 11 is 1.56. The monoisotopic (exact) mass is 234 g/mol. The molecule has 0 spiro atoms. The topological polar surface area (TPSA) is 35.5 Å². The van der Waals surface area contributed by atoms with Crippen LogP contribution in [0.25, 0.3) is 0 Å². The summed E-state index contributed by atoms with van der Waals surface area (Å²) in [5, 5.41) is 0. The average molecular weight is 234 g/mol. The van der Waals surface area contributed by atoms with Crippen LogP contribution in [0.1, 0.15) is 0 Å². The molecule has 0 aromatic heterocycles. The number of thioether (sulfide) groups is 1. The molecule has 0 unspecified atom stereocenters. The second kappa shape index (κ2) is 4.05. The minimum atomic E-state index is -0.662. The zero-order valence-electron chi connectivity index (χ0n) is 8.46. The minimum Gasteiger partial charge on any atom is -0.343 e. The van der Waals surface area contributed by atoms with E-state index in [1.807, 2.05) is 30.3 Å². The summed E-state index contributed by atoms with van der Waals surface area (Å²) < 4.78 is 10.7. The SMILES string of the molecule is O=C1C=C(Sc2ccccc2)[C@H]2CO[C@@H]1O2. The summed E-state index contributed by atoms with van der Waals surface area (Å²) in [6, 6.07) is 9.94. The number of hydrogen-bond acceptors (Lipinski definition) is 4. The molecule has 2 atom stereocenters.